The molecule has 0 atom stereocenters. The van der Waals surface area contributed by atoms with Crippen molar-refractivity contribution in [1.82, 2.24) is 0 Å². The van der Waals surface area contributed by atoms with E-state index in [0.29, 0.717) is 0 Å². The molecule has 0 saturated carbocycles. The highest BCUT2D eigenvalue weighted by atomic mass is 16.5. The van der Waals surface area contributed by atoms with Crippen LogP contribution in [-0.4, -0.2) is 44.3 Å². The maximum Gasteiger partial charge on any atom is 0.334 e. The predicted molar refractivity (Wildman–Crippen MR) is 220 cm³/mol. The molecule has 5 aromatic rings. The van der Waals surface area contributed by atoms with Crippen LogP contribution in [-0.2, 0) is 51.3 Å². The van der Waals surface area contributed by atoms with E-state index >= 15 is 0 Å². The van der Waals surface area contributed by atoms with Gasteiger partial charge in [0.25, 0.3) is 0 Å². The number of carbonyl (C=O) groups excluding carboxylic acids is 4. The zero-order valence-corrected chi connectivity index (χ0v) is 32.1. The normalized spacial score (nSPS) is 10.6. The lowest BCUT2D eigenvalue weighted by molar-refractivity contribution is -0.145. The van der Waals surface area contributed by atoms with Gasteiger partial charge in [0, 0.05) is 28.2 Å². The molecule has 11 nitrogen and oxygen atoms in total. The largest absolute Gasteiger partial charge is 0.469 e. The molecule has 0 aliphatic rings. The smallest absolute Gasteiger partial charge is 0.334 e. The van der Waals surface area contributed by atoms with Crippen molar-refractivity contribution in [3.8, 4) is 0 Å². The fourth-order valence-corrected chi connectivity index (χ4v) is 5.55. The third kappa shape index (κ3) is 11.4. The van der Waals surface area contributed by atoms with Crippen LogP contribution in [0.4, 0.5) is 28.4 Å². The Bertz CT molecular complexity index is 2110. The maximum atomic E-state index is 12.4. The van der Waals surface area contributed by atoms with Gasteiger partial charge in [0.1, 0.15) is 13.2 Å². The van der Waals surface area contributed by atoms with Crippen LogP contribution < -0.4 is 9.91 Å². The van der Waals surface area contributed by atoms with E-state index in [0.717, 1.165) is 50.7 Å². The molecule has 0 spiro atoms. The van der Waals surface area contributed by atoms with Crippen molar-refractivity contribution in [2.75, 3.05) is 24.1 Å². The van der Waals surface area contributed by atoms with Crippen LogP contribution in [0.1, 0.15) is 35.1 Å². The summed E-state index contributed by atoms with van der Waals surface area (Å²) in [4.78, 5) is 50.0. The molecule has 5 rings (SSSR count). The van der Waals surface area contributed by atoms with Crippen molar-refractivity contribution in [3.05, 3.63) is 174 Å². The first-order chi connectivity index (χ1) is 27.6. The molecule has 0 aliphatic heterocycles. The first-order valence-corrected chi connectivity index (χ1v) is 17.9. The number of rotatable bonds is 17. The van der Waals surface area contributed by atoms with E-state index in [1.54, 1.807) is 0 Å². The molecular weight excluding hydrogens is 723 g/mol. The van der Waals surface area contributed by atoms with E-state index in [4.69, 9.17) is 14.6 Å². The van der Waals surface area contributed by atoms with E-state index in [1.807, 2.05) is 139 Å². The molecule has 0 bridgehead atoms. The minimum atomic E-state index is -0.681. The van der Waals surface area contributed by atoms with Crippen molar-refractivity contribution >= 4 is 58.5 Å². The Morgan fingerprint density at radius 2 is 1.00 bits per heavy atom. The molecule has 5 aromatic carbocycles. The average molecular weight is 766 g/mol. The van der Waals surface area contributed by atoms with Crippen molar-refractivity contribution in [3.63, 3.8) is 0 Å². The second kappa shape index (κ2) is 19.9. The maximum absolute atomic E-state index is 12.4. The van der Waals surface area contributed by atoms with Gasteiger partial charge in [-0.3, -0.25) is 9.59 Å². The average Bonchev–Trinajstić information content (AvgIpc) is 3.24. The molecule has 0 N–H and O–H groups in total. The summed E-state index contributed by atoms with van der Waals surface area (Å²) in [7, 11) is 2.48. The Kier molecular flexibility index (Phi) is 14.3. The number of esters is 4. The molecular formula is C46H43N3O8. The van der Waals surface area contributed by atoms with Crippen LogP contribution in [0, 0.1) is 6.92 Å². The fourth-order valence-electron chi connectivity index (χ4n) is 5.55. The van der Waals surface area contributed by atoms with Crippen LogP contribution in [0.2, 0.25) is 0 Å². The third-order valence-electron chi connectivity index (χ3n) is 8.70. The number of methoxy groups -OCH3 is 2. The number of hydrogen-bond acceptors (Lipinski definition) is 11. The van der Waals surface area contributed by atoms with E-state index in [-0.39, 0.29) is 37.2 Å². The molecule has 0 aliphatic carbocycles. The molecule has 11 heteroatoms. The van der Waals surface area contributed by atoms with Crippen LogP contribution >= 0.6 is 0 Å². The van der Waals surface area contributed by atoms with Crippen molar-refractivity contribution < 1.29 is 38.1 Å². The van der Waals surface area contributed by atoms with Crippen LogP contribution in [0.15, 0.2) is 157 Å². The summed E-state index contributed by atoms with van der Waals surface area (Å²) in [6.07, 6.45) is 1.34. The molecule has 0 fully saturated rings. The molecule has 57 heavy (non-hydrogen) atoms. The van der Waals surface area contributed by atoms with Crippen LogP contribution in [0.5, 0.6) is 0 Å². The van der Waals surface area contributed by atoms with Crippen LogP contribution in [0.25, 0.3) is 0 Å². The zero-order chi connectivity index (χ0) is 40.7. The predicted octanol–water partition coefficient (Wildman–Crippen LogP) is 8.96. The van der Waals surface area contributed by atoms with Crippen molar-refractivity contribution in [2.45, 2.75) is 33.0 Å². The second-order valence-corrected chi connectivity index (χ2v) is 12.8. The summed E-state index contributed by atoms with van der Waals surface area (Å²) < 4.78 is 20.0. The highest BCUT2D eigenvalue weighted by molar-refractivity contribution is 5.94. The molecule has 0 aromatic heterocycles. The number of para-hydroxylation sites is 2. The number of nitrogens with zero attached hydrogens (tertiary/aromatic N) is 3. The number of carbonyl (C=O) groups is 4. The van der Waals surface area contributed by atoms with E-state index in [9.17, 15) is 19.2 Å². The van der Waals surface area contributed by atoms with Gasteiger partial charge in [0.2, 0.25) is 0 Å². The van der Waals surface area contributed by atoms with E-state index in [2.05, 4.69) is 33.6 Å². The van der Waals surface area contributed by atoms with Crippen molar-refractivity contribution in [1.29, 1.82) is 0 Å². The Balaban J connectivity index is 1.40. The SMILES string of the molecule is C=C(CC(=O)OC)C(=O)OCc1ccc(N(c2ccc(COC(=O)C(=C)CC(=O)OC)cc2)c2ccc(C=NN(c3ccccc3)c3ccccc3)c(C)c2)cc1. The summed E-state index contributed by atoms with van der Waals surface area (Å²) in [6, 6.07) is 41.0. The number of ether oxygens (including phenoxy) is 4. The molecule has 0 amide bonds. The Labute approximate surface area is 332 Å². The highest BCUT2D eigenvalue weighted by Crippen LogP contribution is 2.36. The lowest BCUT2D eigenvalue weighted by Gasteiger charge is -2.26. The molecule has 0 unspecified atom stereocenters. The number of hydrogen-bond donors (Lipinski definition) is 0. The Morgan fingerprint density at radius 1 is 0.579 bits per heavy atom. The summed E-state index contributed by atoms with van der Waals surface area (Å²) in [6.45, 7) is 9.25. The van der Waals surface area contributed by atoms with Gasteiger partial charge in [-0.1, -0.05) is 79.9 Å². The number of benzene rings is 5. The Hall–Kier alpha value is -7.27. The monoisotopic (exact) mass is 765 g/mol. The van der Waals surface area contributed by atoms with Gasteiger partial charge in [0.15, 0.2) is 0 Å². The van der Waals surface area contributed by atoms with Gasteiger partial charge in [0.05, 0.1) is 44.7 Å². The quantitative estimate of drug-likeness (QED) is 0.0298. The first kappa shape index (κ1) is 40.9. The van der Waals surface area contributed by atoms with Gasteiger partial charge in [-0.15, -0.1) is 0 Å². The van der Waals surface area contributed by atoms with E-state index in [1.165, 1.54) is 14.2 Å². The number of anilines is 5. The fraction of sp³-hybridized carbons (Fsp3) is 0.152. The summed E-state index contributed by atoms with van der Waals surface area (Å²) in [5.74, 6) is -2.51. The van der Waals surface area contributed by atoms with Gasteiger partial charge in [-0.25, -0.2) is 14.6 Å². The summed E-state index contributed by atoms with van der Waals surface area (Å²) in [5, 5.41) is 6.78. The van der Waals surface area contributed by atoms with Crippen molar-refractivity contribution in [2.24, 2.45) is 5.10 Å². The Morgan fingerprint density at radius 3 is 1.40 bits per heavy atom. The summed E-state index contributed by atoms with van der Waals surface area (Å²) in [5.41, 5.74) is 7.73. The number of hydrazone groups is 1. The molecule has 0 saturated heterocycles. The molecule has 0 radical (unpaired) electrons. The summed E-state index contributed by atoms with van der Waals surface area (Å²) >= 11 is 0. The van der Waals surface area contributed by atoms with Gasteiger partial charge >= 0.3 is 23.9 Å². The van der Waals surface area contributed by atoms with Crippen LogP contribution in [0.3, 0.4) is 0 Å². The number of aryl methyl sites for hydroxylation is 1. The molecule has 0 heterocycles. The minimum Gasteiger partial charge on any atom is -0.469 e. The molecule has 290 valence electrons. The minimum absolute atomic E-state index is 0.00527. The van der Waals surface area contributed by atoms with E-state index < -0.39 is 23.9 Å². The van der Waals surface area contributed by atoms with Gasteiger partial charge in [-0.2, -0.15) is 5.10 Å². The first-order valence-electron chi connectivity index (χ1n) is 17.9. The second-order valence-electron chi connectivity index (χ2n) is 12.8. The highest BCUT2D eigenvalue weighted by Gasteiger charge is 2.18. The van der Waals surface area contributed by atoms with Gasteiger partial charge < -0.3 is 23.8 Å². The zero-order valence-electron chi connectivity index (χ0n) is 32.1. The standard InChI is InChI=1S/C46H43N3O8/c1-32-26-42(25-20-37(32)29-47-49(40-12-8-6-9-13-40)41-14-10-7-11-15-41)48(38-21-16-35(17-22-38)30-56-45(52)33(2)27-43(50)54-4)39-23-18-36(19-24-39)31-57-46(53)34(3)28-44(51)55-5/h6-26,29H,2-3,27-28,30-31H2,1,4-5H3. The third-order valence-corrected chi connectivity index (χ3v) is 8.70. The lowest BCUT2D eigenvalue weighted by Crippen LogP contribution is -2.13. The lowest BCUT2D eigenvalue weighted by atomic mass is 10.1. The topological polar surface area (TPSA) is 124 Å². The van der Waals surface area contributed by atoms with Gasteiger partial charge in [-0.05, 0) is 89.8 Å².